The summed E-state index contributed by atoms with van der Waals surface area (Å²) in [6, 6.07) is 0. The second kappa shape index (κ2) is 3.89. The predicted octanol–water partition coefficient (Wildman–Crippen LogP) is -2.31. The van der Waals surface area contributed by atoms with Crippen molar-refractivity contribution in [2.45, 2.75) is 31.3 Å². The Morgan fingerprint density at radius 1 is 1.08 bits per heavy atom. The van der Waals surface area contributed by atoms with Crippen LogP contribution in [0.5, 0.6) is 0 Å². The molecule has 0 radical (unpaired) electrons. The molecule has 6 atom stereocenters. The topological polar surface area (TPSA) is 101 Å². The zero-order valence-electron chi connectivity index (χ0n) is 7.41. The van der Waals surface area contributed by atoms with Crippen LogP contribution in [0, 0.1) is 11.8 Å². The molecule has 0 aliphatic heterocycles. The fourth-order valence-electron chi connectivity index (χ4n) is 1.96. The first kappa shape index (κ1) is 10.9. The van der Waals surface area contributed by atoms with Gasteiger partial charge in [-0.2, -0.15) is 0 Å². The summed E-state index contributed by atoms with van der Waals surface area (Å²) in [7, 11) is 0. The van der Waals surface area contributed by atoms with Crippen LogP contribution in [0.2, 0.25) is 0 Å². The van der Waals surface area contributed by atoms with Crippen molar-refractivity contribution < 1.29 is 25.5 Å². The van der Waals surface area contributed by atoms with Crippen LogP contribution in [-0.4, -0.2) is 56.6 Å². The number of hydrogen-bond donors (Lipinski definition) is 5. The minimum Gasteiger partial charge on any atom is -0.396 e. The van der Waals surface area contributed by atoms with E-state index in [1.165, 1.54) is 6.92 Å². The van der Waals surface area contributed by atoms with Gasteiger partial charge in [-0.25, -0.2) is 0 Å². The van der Waals surface area contributed by atoms with Gasteiger partial charge in [0.2, 0.25) is 0 Å². The van der Waals surface area contributed by atoms with E-state index in [0.717, 1.165) is 0 Å². The van der Waals surface area contributed by atoms with Crippen LogP contribution < -0.4 is 0 Å². The largest absolute Gasteiger partial charge is 0.396 e. The molecule has 1 fully saturated rings. The van der Waals surface area contributed by atoms with Gasteiger partial charge < -0.3 is 25.5 Å². The molecule has 0 aromatic heterocycles. The van der Waals surface area contributed by atoms with Crippen molar-refractivity contribution in [3.05, 3.63) is 0 Å². The van der Waals surface area contributed by atoms with E-state index in [-0.39, 0.29) is 0 Å². The van der Waals surface area contributed by atoms with Gasteiger partial charge in [0.05, 0.1) is 31.0 Å². The monoisotopic (exact) mass is 192 g/mol. The molecular weight excluding hydrogens is 176 g/mol. The summed E-state index contributed by atoms with van der Waals surface area (Å²) in [5.41, 5.74) is 0. The van der Waals surface area contributed by atoms with Gasteiger partial charge in [-0.15, -0.1) is 0 Å². The molecule has 0 saturated heterocycles. The molecular formula is C8H16O5. The molecule has 13 heavy (non-hydrogen) atoms. The molecule has 0 aromatic carbocycles. The molecule has 5 heteroatoms. The second-order valence-corrected chi connectivity index (χ2v) is 3.64. The van der Waals surface area contributed by atoms with E-state index in [2.05, 4.69) is 0 Å². The molecule has 1 rings (SSSR count). The molecule has 78 valence electrons. The molecule has 0 aromatic rings. The Labute approximate surface area is 76.3 Å². The fraction of sp³-hybridized carbons (Fsp3) is 1.00. The standard InChI is InChI=1S/C8H16O5/c1-3(10)5-6(11)4(2-9)7(12)8(5)13/h3-13H,2H2,1H3. The Morgan fingerprint density at radius 2 is 1.62 bits per heavy atom. The van der Waals surface area contributed by atoms with Crippen LogP contribution in [0.4, 0.5) is 0 Å². The zero-order chi connectivity index (χ0) is 10.2. The van der Waals surface area contributed by atoms with Gasteiger partial charge >= 0.3 is 0 Å². The molecule has 6 unspecified atom stereocenters. The molecule has 1 saturated carbocycles. The van der Waals surface area contributed by atoms with E-state index < -0.39 is 42.9 Å². The van der Waals surface area contributed by atoms with Gasteiger partial charge in [0.1, 0.15) is 0 Å². The fourth-order valence-corrected chi connectivity index (χ4v) is 1.96. The first-order valence-corrected chi connectivity index (χ1v) is 4.33. The maximum absolute atomic E-state index is 9.52. The number of aliphatic hydroxyl groups is 5. The van der Waals surface area contributed by atoms with Gasteiger partial charge in [0, 0.05) is 11.8 Å². The van der Waals surface area contributed by atoms with Gasteiger partial charge in [0.25, 0.3) is 0 Å². The molecule has 5 N–H and O–H groups in total. The molecule has 0 amide bonds. The van der Waals surface area contributed by atoms with Gasteiger partial charge in [-0.3, -0.25) is 0 Å². The normalized spacial score (nSPS) is 48.0. The average Bonchev–Trinajstić information content (AvgIpc) is 2.24. The lowest BCUT2D eigenvalue weighted by Gasteiger charge is -2.21. The lowest BCUT2D eigenvalue weighted by Crippen LogP contribution is -2.35. The van der Waals surface area contributed by atoms with Gasteiger partial charge in [-0.05, 0) is 6.92 Å². The highest BCUT2D eigenvalue weighted by Crippen LogP contribution is 2.34. The molecule has 0 heterocycles. The van der Waals surface area contributed by atoms with Crippen molar-refractivity contribution in [3.8, 4) is 0 Å². The summed E-state index contributed by atoms with van der Waals surface area (Å²) in [4.78, 5) is 0. The molecule has 0 bridgehead atoms. The van der Waals surface area contributed by atoms with E-state index >= 15 is 0 Å². The van der Waals surface area contributed by atoms with Crippen molar-refractivity contribution in [2.24, 2.45) is 11.8 Å². The summed E-state index contributed by atoms with van der Waals surface area (Å²) in [6.45, 7) is 1.03. The van der Waals surface area contributed by atoms with Crippen LogP contribution in [0.25, 0.3) is 0 Å². The van der Waals surface area contributed by atoms with E-state index in [4.69, 9.17) is 5.11 Å². The number of rotatable bonds is 2. The SMILES string of the molecule is CC(O)C1C(O)C(O)C(CO)C1O. The lowest BCUT2D eigenvalue weighted by molar-refractivity contribution is -0.0351. The van der Waals surface area contributed by atoms with E-state index in [9.17, 15) is 20.4 Å². The van der Waals surface area contributed by atoms with Crippen molar-refractivity contribution in [2.75, 3.05) is 6.61 Å². The van der Waals surface area contributed by atoms with Crippen LogP contribution in [0.15, 0.2) is 0 Å². The molecule has 5 nitrogen and oxygen atoms in total. The average molecular weight is 192 g/mol. The highest BCUT2D eigenvalue weighted by molar-refractivity contribution is 4.99. The van der Waals surface area contributed by atoms with E-state index in [1.54, 1.807) is 0 Å². The summed E-state index contributed by atoms with van der Waals surface area (Å²) in [5, 5.41) is 46.3. The third-order valence-electron chi connectivity index (χ3n) is 2.78. The molecule has 1 aliphatic rings. The number of hydrogen-bond acceptors (Lipinski definition) is 5. The van der Waals surface area contributed by atoms with Crippen LogP contribution in [0.3, 0.4) is 0 Å². The van der Waals surface area contributed by atoms with Crippen LogP contribution in [0.1, 0.15) is 6.92 Å². The highest BCUT2D eigenvalue weighted by atomic mass is 16.4. The van der Waals surface area contributed by atoms with Crippen molar-refractivity contribution in [1.29, 1.82) is 0 Å². The highest BCUT2D eigenvalue weighted by Gasteiger charge is 2.50. The smallest absolute Gasteiger partial charge is 0.0881 e. The van der Waals surface area contributed by atoms with E-state index in [1.807, 2.05) is 0 Å². The maximum atomic E-state index is 9.52. The third kappa shape index (κ3) is 1.70. The Bertz CT molecular complexity index is 172. The lowest BCUT2D eigenvalue weighted by atomic mass is 9.96. The Balaban J connectivity index is 2.78. The van der Waals surface area contributed by atoms with E-state index in [0.29, 0.717) is 0 Å². The van der Waals surface area contributed by atoms with Crippen LogP contribution in [-0.2, 0) is 0 Å². The minimum atomic E-state index is -1.17. The quantitative estimate of drug-likeness (QED) is 0.338. The molecule has 0 spiro atoms. The summed E-state index contributed by atoms with van der Waals surface area (Å²) in [5.74, 6) is -1.55. The van der Waals surface area contributed by atoms with Gasteiger partial charge in [0.15, 0.2) is 0 Å². The van der Waals surface area contributed by atoms with Crippen LogP contribution >= 0.6 is 0 Å². The van der Waals surface area contributed by atoms with Crippen molar-refractivity contribution >= 4 is 0 Å². The number of aliphatic hydroxyl groups excluding tert-OH is 5. The second-order valence-electron chi connectivity index (χ2n) is 3.64. The minimum absolute atomic E-state index is 0.400. The first-order chi connectivity index (χ1) is 6.00. The predicted molar refractivity (Wildman–Crippen MR) is 43.8 cm³/mol. The summed E-state index contributed by atoms with van der Waals surface area (Å²) in [6.07, 6.45) is -4.31. The zero-order valence-corrected chi connectivity index (χ0v) is 7.41. The maximum Gasteiger partial charge on any atom is 0.0881 e. The summed E-state index contributed by atoms with van der Waals surface area (Å²) < 4.78 is 0. The van der Waals surface area contributed by atoms with Gasteiger partial charge in [-0.1, -0.05) is 0 Å². The Morgan fingerprint density at radius 3 is 1.85 bits per heavy atom. The van der Waals surface area contributed by atoms with Crippen molar-refractivity contribution in [1.82, 2.24) is 0 Å². The Kier molecular flexibility index (Phi) is 3.26. The van der Waals surface area contributed by atoms with Crippen molar-refractivity contribution in [3.63, 3.8) is 0 Å². The third-order valence-corrected chi connectivity index (χ3v) is 2.78. The first-order valence-electron chi connectivity index (χ1n) is 4.33. The molecule has 1 aliphatic carbocycles. The Hall–Kier alpha value is -0.200. The summed E-state index contributed by atoms with van der Waals surface area (Å²) >= 11 is 0.